The third-order valence-corrected chi connectivity index (χ3v) is 10.2. The van der Waals surface area contributed by atoms with E-state index >= 15 is 0 Å². The first-order valence-corrected chi connectivity index (χ1v) is 14.4. The number of nitrogens with one attached hydrogen (secondary N) is 1. The lowest BCUT2D eigenvalue weighted by molar-refractivity contribution is -0.120. The topological polar surface area (TPSA) is 90.3 Å². The Morgan fingerprint density at radius 1 is 1.16 bits per heavy atom. The molecule has 1 amide bonds. The van der Waals surface area contributed by atoms with Crippen LogP contribution in [-0.4, -0.2) is 38.0 Å². The molecule has 1 aromatic carbocycles. The number of thioether (sulfide) groups is 1. The van der Waals surface area contributed by atoms with Crippen molar-refractivity contribution in [2.45, 2.75) is 54.7 Å². The third kappa shape index (κ3) is 4.74. The summed E-state index contributed by atoms with van der Waals surface area (Å²) in [5.41, 5.74) is 1.73. The van der Waals surface area contributed by atoms with Gasteiger partial charge in [0, 0.05) is 28.8 Å². The Morgan fingerprint density at radius 2 is 1.84 bits per heavy atom. The van der Waals surface area contributed by atoms with Crippen LogP contribution < -0.4 is 5.32 Å². The number of hydrogen-bond acceptors (Lipinski definition) is 6. The second-order valence-electron chi connectivity index (χ2n) is 8.22. The lowest BCUT2D eigenvalue weighted by atomic mass is 9.97. The number of benzene rings is 1. The first-order chi connectivity index (χ1) is 15.4. The zero-order chi connectivity index (χ0) is 22.7. The number of fused-ring (bicyclic) bond motifs is 1. The number of nitriles is 1. The highest BCUT2D eigenvalue weighted by molar-refractivity contribution is 7.98. The minimum absolute atomic E-state index is 0.112. The molecule has 2 aromatic rings. The molecule has 170 valence electrons. The van der Waals surface area contributed by atoms with Gasteiger partial charge in [-0.05, 0) is 74.6 Å². The van der Waals surface area contributed by atoms with Crippen molar-refractivity contribution in [3.63, 3.8) is 0 Å². The van der Waals surface area contributed by atoms with Crippen molar-refractivity contribution >= 4 is 44.0 Å². The molecule has 6 nitrogen and oxygen atoms in total. The monoisotopic (exact) mass is 489 g/mol. The standard InChI is InChI=1S/C23H27N3O3S3/c1-30-17-7-9-18(10-8-17)32(28,29)26-13-11-16(12-14-26)22(27)25-23-20(15-24)19-5-3-2-4-6-21(19)31-23/h7-10,16H,2-6,11-14H2,1H3,(H,25,27). The van der Waals surface area contributed by atoms with Gasteiger partial charge in [0.1, 0.15) is 11.1 Å². The fraction of sp³-hybridized carbons (Fsp3) is 0.478. The number of sulfonamides is 1. The van der Waals surface area contributed by atoms with E-state index in [9.17, 15) is 18.5 Å². The molecule has 2 aliphatic rings. The van der Waals surface area contributed by atoms with Crippen molar-refractivity contribution in [2.75, 3.05) is 24.7 Å². The Bertz CT molecular complexity index is 1130. The number of aryl methyl sites for hydroxylation is 1. The Hall–Kier alpha value is -1.86. The summed E-state index contributed by atoms with van der Waals surface area (Å²) >= 11 is 3.10. The van der Waals surface area contributed by atoms with E-state index in [1.54, 1.807) is 23.9 Å². The van der Waals surface area contributed by atoms with Gasteiger partial charge in [-0.25, -0.2) is 8.42 Å². The molecule has 0 bridgehead atoms. The van der Waals surface area contributed by atoms with E-state index in [0.29, 0.717) is 36.5 Å². The van der Waals surface area contributed by atoms with Gasteiger partial charge in [-0.1, -0.05) is 6.42 Å². The summed E-state index contributed by atoms with van der Waals surface area (Å²) < 4.78 is 27.4. The number of anilines is 1. The average Bonchev–Trinajstić information content (AvgIpc) is 2.97. The molecule has 1 fully saturated rings. The van der Waals surface area contributed by atoms with E-state index in [2.05, 4.69) is 11.4 Å². The van der Waals surface area contributed by atoms with Gasteiger partial charge in [0.15, 0.2) is 0 Å². The van der Waals surface area contributed by atoms with E-state index in [1.807, 2.05) is 18.4 Å². The summed E-state index contributed by atoms with van der Waals surface area (Å²) in [6.07, 6.45) is 8.15. The van der Waals surface area contributed by atoms with Crippen LogP contribution in [-0.2, 0) is 27.7 Å². The van der Waals surface area contributed by atoms with E-state index in [1.165, 1.54) is 26.9 Å². The number of rotatable bonds is 5. The number of hydrogen-bond donors (Lipinski definition) is 1. The minimum atomic E-state index is -3.56. The molecule has 9 heteroatoms. The molecular formula is C23H27N3O3S3. The maximum absolute atomic E-state index is 13.0. The molecule has 1 aliphatic carbocycles. The number of piperidine rings is 1. The zero-order valence-electron chi connectivity index (χ0n) is 18.1. The van der Waals surface area contributed by atoms with Gasteiger partial charge in [0.25, 0.3) is 0 Å². The summed E-state index contributed by atoms with van der Waals surface area (Å²) in [4.78, 5) is 15.5. The summed E-state index contributed by atoms with van der Waals surface area (Å²) in [5, 5.41) is 13.3. The number of carbonyl (C=O) groups excluding carboxylic acids is 1. The van der Waals surface area contributed by atoms with Crippen LogP contribution in [0.5, 0.6) is 0 Å². The summed E-state index contributed by atoms with van der Waals surface area (Å²) in [7, 11) is -3.56. The van der Waals surface area contributed by atoms with Crippen LogP contribution in [0.25, 0.3) is 0 Å². The van der Waals surface area contributed by atoms with Gasteiger partial charge >= 0.3 is 0 Å². The van der Waals surface area contributed by atoms with Crippen LogP contribution in [0.2, 0.25) is 0 Å². The molecule has 0 saturated carbocycles. The van der Waals surface area contributed by atoms with E-state index in [0.717, 1.165) is 36.1 Å². The quantitative estimate of drug-likeness (QED) is 0.488. The molecule has 0 atom stereocenters. The molecule has 2 heterocycles. The minimum Gasteiger partial charge on any atom is -0.316 e. The average molecular weight is 490 g/mol. The molecule has 0 spiro atoms. The molecule has 1 aliphatic heterocycles. The Morgan fingerprint density at radius 3 is 2.50 bits per heavy atom. The predicted molar refractivity (Wildman–Crippen MR) is 129 cm³/mol. The second kappa shape index (κ2) is 9.96. The van der Waals surface area contributed by atoms with Crippen molar-refractivity contribution in [1.82, 2.24) is 4.31 Å². The molecule has 4 rings (SSSR count). The number of amides is 1. The van der Waals surface area contributed by atoms with Crippen molar-refractivity contribution < 1.29 is 13.2 Å². The largest absolute Gasteiger partial charge is 0.316 e. The molecule has 32 heavy (non-hydrogen) atoms. The van der Waals surface area contributed by atoms with Gasteiger partial charge in [-0.3, -0.25) is 4.79 Å². The zero-order valence-corrected chi connectivity index (χ0v) is 20.5. The first kappa shape index (κ1) is 23.3. The highest BCUT2D eigenvalue weighted by Gasteiger charge is 2.33. The van der Waals surface area contributed by atoms with Crippen molar-refractivity contribution in [3.05, 3.63) is 40.3 Å². The highest BCUT2D eigenvalue weighted by atomic mass is 32.2. The summed E-state index contributed by atoms with van der Waals surface area (Å²) in [5.74, 6) is -0.368. The Kier molecular flexibility index (Phi) is 7.25. The van der Waals surface area contributed by atoms with E-state index in [-0.39, 0.29) is 16.7 Å². The number of carbonyl (C=O) groups is 1. The van der Waals surface area contributed by atoms with Crippen LogP contribution in [0.4, 0.5) is 5.00 Å². The van der Waals surface area contributed by atoms with Crippen LogP contribution in [0.15, 0.2) is 34.1 Å². The number of nitrogens with zero attached hydrogens (tertiary/aromatic N) is 2. The molecule has 1 saturated heterocycles. The van der Waals surface area contributed by atoms with Crippen LogP contribution in [0, 0.1) is 17.2 Å². The van der Waals surface area contributed by atoms with Gasteiger partial charge in [0.05, 0.1) is 10.5 Å². The summed E-state index contributed by atoms with van der Waals surface area (Å²) in [6, 6.07) is 9.21. The van der Waals surface area contributed by atoms with E-state index in [4.69, 9.17) is 0 Å². The molecular weight excluding hydrogens is 462 g/mol. The Labute approximate surface area is 198 Å². The highest BCUT2D eigenvalue weighted by Crippen LogP contribution is 2.37. The van der Waals surface area contributed by atoms with Crippen molar-refractivity contribution in [2.24, 2.45) is 5.92 Å². The maximum Gasteiger partial charge on any atom is 0.243 e. The predicted octanol–water partition coefficient (Wildman–Crippen LogP) is 4.65. The molecule has 0 radical (unpaired) electrons. The van der Waals surface area contributed by atoms with Crippen LogP contribution in [0.1, 0.15) is 48.1 Å². The maximum atomic E-state index is 13.0. The molecule has 1 aromatic heterocycles. The fourth-order valence-corrected chi connectivity index (χ4v) is 7.54. The van der Waals surface area contributed by atoms with Crippen LogP contribution >= 0.6 is 23.1 Å². The number of thiophene rings is 1. The Balaban J connectivity index is 1.40. The van der Waals surface area contributed by atoms with Crippen LogP contribution in [0.3, 0.4) is 0 Å². The smallest absolute Gasteiger partial charge is 0.243 e. The lowest BCUT2D eigenvalue weighted by Gasteiger charge is -2.30. The van der Waals surface area contributed by atoms with Gasteiger partial charge in [-0.2, -0.15) is 9.57 Å². The normalized spacial score (nSPS) is 17.9. The second-order valence-corrected chi connectivity index (χ2v) is 12.1. The molecule has 1 N–H and O–H groups in total. The first-order valence-electron chi connectivity index (χ1n) is 10.9. The van der Waals surface area contributed by atoms with Gasteiger partial charge < -0.3 is 5.32 Å². The molecule has 0 unspecified atom stereocenters. The van der Waals surface area contributed by atoms with Crippen molar-refractivity contribution in [3.8, 4) is 6.07 Å². The lowest BCUT2D eigenvalue weighted by Crippen LogP contribution is -2.41. The van der Waals surface area contributed by atoms with E-state index < -0.39 is 10.0 Å². The SMILES string of the molecule is CSc1ccc(S(=O)(=O)N2CCC(C(=O)Nc3sc4c(c3C#N)CCCCC4)CC2)cc1. The van der Waals surface area contributed by atoms with Crippen molar-refractivity contribution in [1.29, 1.82) is 5.26 Å². The summed E-state index contributed by atoms with van der Waals surface area (Å²) in [6.45, 7) is 0.632. The van der Waals surface area contributed by atoms with Gasteiger partial charge in [-0.15, -0.1) is 23.1 Å². The van der Waals surface area contributed by atoms with Gasteiger partial charge in [0.2, 0.25) is 15.9 Å². The fourth-order valence-electron chi connectivity index (χ4n) is 4.42. The third-order valence-electron chi connectivity index (χ3n) is 6.29.